The largest absolute Gasteiger partial charge is 0.465 e. The number of alkyl halides is 1. The fourth-order valence-electron chi connectivity index (χ4n) is 1.07. The van der Waals surface area contributed by atoms with Crippen molar-refractivity contribution in [1.82, 2.24) is 0 Å². The van der Waals surface area contributed by atoms with Crippen molar-refractivity contribution in [3.63, 3.8) is 0 Å². The first-order chi connectivity index (χ1) is 6.81. The van der Waals surface area contributed by atoms with Gasteiger partial charge in [0.15, 0.2) is 0 Å². The second kappa shape index (κ2) is 3.67. The molecule has 1 aromatic rings. The minimum atomic E-state index is -0.503. The molecule has 2 rings (SSSR count). The SMILES string of the molecule is O=C1ON=C(CCl)/C1=C\c1ccco1. The van der Waals surface area contributed by atoms with Crippen molar-refractivity contribution in [3.05, 3.63) is 29.7 Å². The van der Waals surface area contributed by atoms with E-state index in [1.807, 2.05) is 0 Å². The van der Waals surface area contributed by atoms with Gasteiger partial charge in [0.2, 0.25) is 0 Å². The van der Waals surface area contributed by atoms with Gasteiger partial charge in [-0.05, 0) is 18.2 Å². The summed E-state index contributed by atoms with van der Waals surface area (Å²) in [6.45, 7) is 0. The number of rotatable bonds is 2. The van der Waals surface area contributed by atoms with Gasteiger partial charge in [-0.25, -0.2) is 4.79 Å². The molecule has 2 heterocycles. The van der Waals surface area contributed by atoms with E-state index in [1.54, 1.807) is 18.2 Å². The molecule has 0 aromatic carbocycles. The van der Waals surface area contributed by atoms with Crippen molar-refractivity contribution in [2.24, 2.45) is 5.16 Å². The van der Waals surface area contributed by atoms with Crippen molar-refractivity contribution < 1.29 is 14.0 Å². The molecule has 0 amide bonds. The monoisotopic (exact) mass is 211 g/mol. The molecule has 0 saturated carbocycles. The van der Waals surface area contributed by atoms with Crippen LogP contribution in [-0.4, -0.2) is 17.6 Å². The van der Waals surface area contributed by atoms with Gasteiger partial charge in [0.1, 0.15) is 11.5 Å². The number of halogens is 1. The Morgan fingerprint density at radius 3 is 3.07 bits per heavy atom. The minimum Gasteiger partial charge on any atom is -0.465 e. The molecule has 1 aromatic heterocycles. The van der Waals surface area contributed by atoms with Crippen LogP contribution in [-0.2, 0) is 9.63 Å². The zero-order valence-electron chi connectivity index (χ0n) is 7.07. The molecule has 0 unspecified atom stereocenters. The number of nitrogens with zero attached hydrogens (tertiary/aromatic N) is 1. The highest BCUT2D eigenvalue weighted by Crippen LogP contribution is 2.16. The standard InChI is InChI=1S/C9H6ClNO3/c10-5-8-7(9(12)14-11-8)4-6-2-1-3-13-6/h1-4H,5H2/b7-4+. The van der Waals surface area contributed by atoms with Crippen LogP contribution in [0.1, 0.15) is 5.76 Å². The van der Waals surface area contributed by atoms with Crippen LogP contribution in [0.25, 0.3) is 6.08 Å². The van der Waals surface area contributed by atoms with Crippen molar-refractivity contribution >= 4 is 29.4 Å². The van der Waals surface area contributed by atoms with Gasteiger partial charge in [-0.15, -0.1) is 11.6 Å². The lowest BCUT2D eigenvalue weighted by atomic mass is 10.1. The highest BCUT2D eigenvalue weighted by Gasteiger charge is 2.24. The molecule has 0 aliphatic carbocycles. The van der Waals surface area contributed by atoms with Gasteiger partial charge in [0, 0.05) is 0 Å². The topological polar surface area (TPSA) is 51.8 Å². The molecule has 0 radical (unpaired) electrons. The molecule has 1 aliphatic rings. The van der Waals surface area contributed by atoms with Crippen molar-refractivity contribution in [1.29, 1.82) is 0 Å². The third-order valence-corrected chi connectivity index (χ3v) is 1.98. The maximum Gasteiger partial charge on any atom is 0.367 e. The summed E-state index contributed by atoms with van der Waals surface area (Å²) in [5.74, 6) is 0.201. The highest BCUT2D eigenvalue weighted by atomic mass is 35.5. The summed E-state index contributed by atoms with van der Waals surface area (Å²) >= 11 is 5.57. The Hall–Kier alpha value is -1.55. The smallest absolute Gasteiger partial charge is 0.367 e. The lowest BCUT2D eigenvalue weighted by molar-refractivity contribution is -0.136. The van der Waals surface area contributed by atoms with E-state index in [4.69, 9.17) is 16.0 Å². The van der Waals surface area contributed by atoms with Crippen LogP contribution >= 0.6 is 11.6 Å². The highest BCUT2D eigenvalue weighted by molar-refractivity contribution is 6.38. The number of oxime groups is 1. The van der Waals surface area contributed by atoms with Crippen molar-refractivity contribution in [2.75, 3.05) is 5.88 Å². The third kappa shape index (κ3) is 1.56. The molecule has 0 spiro atoms. The fourth-order valence-corrected chi connectivity index (χ4v) is 1.26. The number of carbonyl (C=O) groups is 1. The molecule has 1 aliphatic heterocycles. The van der Waals surface area contributed by atoms with Crippen LogP contribution in [0.5, 0.6) is 0 Å². The van der Waals surface area contributed by atoms with Gasteiger partial charge in [0.25, 0.3) is 0 Å². The van der Waals surface area contributed by atoms with E-state index in [2.05, 4.69) is 9.99 Å². The van der Waals surface area contributed by atoms with Crippen LogP contribution in [0.3, 0.4) is 0 Å². The Morgan fingerprint density at radius 1 is 1.57 bits per heavy atom. The molecule has 14 heavy (non-hydrogen) atoms. The zero-order valence-corrected chi connectivity index (χ0v) is 7.82. The summed E-state index contributed by atoms with van der Waals surface area (Å²) < 4.78 is 5.05. The second-order valence-electron chi connectivity index (χ2n) is 2.62. The normalized spacial score (nSPS) is 18.5. The Balaban J connectivity index is 2.33. The Kier molecular flexibility index (Phi) is 2.37. The predicted molar refractivity (Wildman–Crippen MR) is 50.9 cm³/mol. The minimum absolute atomic E-state index is 0.137. The van der Waals surface area contributed by atoms with E-state index in [0.29, 0.717) is 17.0 Å². The van der Waals surface area contributed by atoms with Gasteiger partial charge < -0.3 is 9.25 Å². The zero-order chi connectivity index (χ0) is 9.97. The van der Waals surface area contributed by atoms with E-state index < -0.39 is 5.97 Å². The van der Waals surface area contributed by atoms with E-state index in [1.165, 1.54) is 6.26 Å². The molecule has 0 saturated heterocycles. The summed E-state index contributed by atoms with van der Waals surface area (Å²) in [5.41, 5.74) is 0.767. The van der Waals surface area contributed by atoms with Crippen LogP contribution < -0.4 is 0 Å². The van der Waals surface area contributed by atoms with Crippen LogP contribution in [0.15, 0.2) is 33.5 Å². The lowest BCUT2D eigenvalue weighted by Gasteiger charge is -1.91. The van der Waals surface area contributed by atoms with Crippen LogP contribution in [0.4, 0.5) is 0 Å². The fraction of sp³-hybridized carbons (Fsp3) is 0.111. The van der Waals surface area contributed by atoms with E-state index in [0.717, 1.165) is 0 Å². The molecule has 72 valence electrons. The quantitative estimate of drug-likeness (QED) is 0.426. The Labute approximate surface area is 84.8 Å². The molecule has 0 atom stereocenters. The van der Waals surface area contributed by atoms with Crippen molar-refractivity contribution in [3.8, 4) is 0 Å². The summed E-state index contributed by atoms with van der Waals surface area (Å²) in [4.78, 5) is 15.6. The molecule has 4 nitrogen and oxygen atoms in total. The average molecular weight is 212 g/mol. The number of hydrogen-bond donors (Lipinski definition) is 0. The van der Waals surface area contributed by atoms with Gasteiger partial charge in [-0.2, -0.15) is 0 Å². The number of furan rings is 1. The van der Waals surface area contributed by atoms with Gasteiger partial charge in [0.05, 0.1) is 17.7 Å². The predicted octanol–water partition coefficient (Wildman–Crippen LogP) is 1.81. The average Bonchev–Trinajstić information content (AvgIpc) is 2.79. The Bertz CT molecular complexity index is 406. The van der Waals surface area contributed by atoms with Gasteiger partial charge >= 0.3 is 5.97 Å². The van der Waals surface area contributed by atoms with Crippen LogP contribution in [0, 0.1) is 0 Å². The molecule has 0 bridgehead atoms. The molecule has 0 N–H and O–H groups in total. The molecule has 5 heteroatoms. The summed E-state index contributed by atoms with van der Waals surface area (Å²) in [6, 6.07) is 3.45. The Morgan fingerprint density at radius 2 is 2.43 bits per heavy atom. The molecule has 0 fully saturated rings. The lowest BCUT2D eigenvalue weighted by Crippen LogP contribution is -2.06. The van der Waals surface area contributed by atoms with Crippen LogP contribution in [0.2, 0.25) is 0 Å². The summed E-state index contributed by atoms with van der Waals surface area (Å²) in [5, 5.41) is 3.52. The summed E-state index contributed by atoms with van der Waals surface area (Å²) in [7, 11) is 0. The number of carbonyl (C=O) groups excluding carboxylic acids is 1. The van der Waals surface area contributed by atoms with Crippen molar-refractivity contribution in [2.45, 2.75) is 0 Å². The van der Waals surface area contributed by atoms with E-state index in [9.17, 15) is 4.79 Å². The molecular formula is C9H6ClNO3. The van der Waals surface area contributed by atoms with Gasteiger partial charge in [-0.1, -0.05) is 5.16 Å². The maximum atomic E-state index is 11.2. The third-order valence-electron chi connectivity index (χ3n) is 1.73. The summed E-state index contributed by atoms with van der Waals surface area (Å²) in [6.07, 6.45) is 3.07. The first-order valence-electron chi connectivity index (χ1n) is 3.91. The maximum absolute atomic E-state index is 11.2. The number of hydrogen-bond acceptors (Lipinski definition) is 4. The van der Waals surface area contributed by atoms with Gasteiger partial charge in [-0.3, -0.25) is 0 Å². The van der Waals surface area contributed by atoms with E-state index in [-0.39, 0.29) is 5.88 Å². The van der Waals surface area contributed by atoms with E-state index >= 15 is 0 Å². The molecular weight excluding hydrogens is 206 g/mol. The second-order valence-corrected chi connectivity index (χ2v) is 2.89. The first kappa shape index (κ1) is 9.02. The first-order valence-corrected chi connectivity index (χ1v) is 4.44.